The van der Waals surface area contributed by atoms with Crippen LogP contribution in [0.25, 0.3) is 0 Å². The van der Waals surface area contributed by atoms with Crippen LogP contribution in [0.3, 0.4) is 0 Å². The number of rotatable bonds is 3. The molecule has 2 heterocycles. The maximum Gasteiger partial charge on any atom is 0.225 e. The number of fused-ring (bicyclic) bond motifs is 3. The van der Waals surface area contributed by atoms with E-state index < -0.39 is 0 Å². The van der Waals surface area contributed by atoms with Crippen molar-refractivity contribution < 1.29 is 9.18 Å². The van der Waals surface area contributed by atoms with Crippen LogP contribution in [0.15, 0.2) is 48.5 Å². The molecule has 2 fully saturated rings. The van der Waals surface area contributed by atoms with E-state index in [9.17, 15) is 9.18 Å². The molecule has 1 aliphatic carbocycles. The zero-order chi connectivity index (χ0) is 20.5. The summed E-state index contributed by atoms with van der Waals surface area (Å²) in [4.78, 5) is 18.1. The summed E-state index contributed by atoms with van der Waals surface area (Å²) in [5, 5.41) is 3.38. The lowest BCUT2D eigenvalue weighted by molar-refractivity contribution is -0.126. The number of nitrogens with zero attached hydrogens (tertiary/aromatic N) is 2. The second-order valence-electron chi connectivity index (χ2n) is 8.97. The van der Waals surface area contributed by atoms with Gasteiger partial charge in [-0.15, -0.1) is 0 Å². The van der Waals surface area contributed by atoms with E-state index in [1.807, 2.05) is 12.1 Å². The lowest BCUT2D eigenvalue weighted by Crippen LogP contribution is -2.61. The first kappa shape index (κ1) is 19.4. The fraction of sp³-hybridized carbons (Fsp3) is 0.480. The van der Waals surface area contributed by atoms with Gasteiger partial charge in [0.2, 0.25) is 5.91 Å². The van der Waals surface area contributed by atoms with Crippen molar-refractivity contribution in [1.29, 1.82) is 0 Å². The number of carbonyl (C=O) groups excluding carboxylic acids is 1. The van der Waals surface area contributed by atoms with Gasteiger partial charge in [0, 0.05) is 37.1 Å². The van der Waals surface area contributed by atoms with Crippen molar-refractivity contribution in [3.05, 3.63) is 59.9 Å². The van der Waals surface area contributed by atoms with E-state index in [-0.39, 0.29) is 23.7 Å². The summed E-state index contributed by atoms with van der Waals surface area (Å²) in [5.41, 5.74) is 3.57. The van der Waals surface area contributed by atoms with Crippen LogP contribution < -0.4 is 15.1 Å². The van der Waals surface area contributed by atoms with Crippen LogP contribution in [0.4, 0.5) is 15.8 Å². The third-order valence-electron chi connectivity index (χ3n) is 7.10. The molecule has 2 aromatic rings. The first-order chi connectivity index (χ1) is 14.7. The van der Waals surface area contributed by atoms with E-state index >= 15 is 0 Å². The van der Waals surface area contributed by atoms with Crippen molar-refractivity contribution in [3.8, 4) is 0 Å². The molecule has 1 amide bonds. The van der Waals surface area contributed by atoms with E-state index in [4.69, 9.17) is 0 Å². The van der Waals surface area contributed by atoms with Gasteiger partial charge in [0.05, 0.1) is 12.0 Å². The monoisotopic (exact) mass is 407 g/mol. The highest BCUT2D eigenvalue weighted by atomic mass is 19.1. The van der Waals surface area contributed by atoms with E-state index in [2.05, 4.69) is 39.4 Å². The molecule has 0 aromatic heterocycles. The molecule has 1 saturated carbocycles. The average Bonchev–Trinajstić information content (AvgIpc) is 2.79. The highest BCUT2D eigenvalue weighted by Crippen LogP contribution is 2.37. The lowest BCUT2D eigenvalue weighted by Gasteiger charge is -2.50. The molecule has 4 nitrogen and oxygen atoms in total. The summed E-state index contributed by atoms with van der Waals surface area (Å²) >= 11 is 0. The third kappa shape index (κ3) is 3.78. The Balaban J connectivity index is 1.40. The molecule has 5 rings (SSSR count). The molecule has 0 bridgehead atoms. The van der Waals surface area contributed by atoms with E-state index in [0.717, 1.165) is 44.6 Å². The van der Waals surface area contributed by atoms with Gasteiger partial charge in [-0.2, -0.15) is 0 Å². The predicted octanol–water partition coefficient (Wildman–Crippen LogP) is 4.14. The minimum Gasteiger partial charge on any atom is -0.368 e. The summed E-state index contributed by atoms with van der Waals surface area (Å²) in [6, 6.07) is 15.7. The highest BCUT2D eigenvalue weighted by molar-refractivity contribution is 5.82. The van der Waals surface area contributed by atoms with Crippen LogP contribution in [-0.4, -0.2) is 37.6 Å². The smallest absolute Gasteiger partial charge is 0.225 e. The Labute approximate surface area is 178 Å². The van der Waals surface area contributed by atoms with E-state index in [1.165, 1.54) is 42.6 Å². The Bertz CT molecular complexity index is 894. The Hall–Kier alpha value is -2.56. The van der Waals surface area contributed by atoms with Gasteiger partial charge >= 0.3 is 0 Å². The second-order valence-corrected chi connectivity index (χ2v) is 8.97. The summed E-state index contributed by atoms with van der Waals surface area (Å²) in [7, 11) is 0. The summed E-state index contributed by atoms with van der Waals surface area (Å²) < 4.78 is 13.4. The van der Waals surface area contributed by atoms with Gasteiger partial charge in [-0.05, 0) is 55.2 Å². The molecule has 0 unspecified atom stereocenters. The van der Waals surface area contributed by atoms with Crippen molar-refractivity contribution in [2.45, 2.75) is 50.6 Å². The fourth-order valence-electron chi connectivity index (χ4n) is 5.50. The molecule has 30 heavy (non-hydrogen) atoms. The second kappa shape index (κ2) is 8.29. The fourth-order valence-corrected chi connectivity index (χ4v) is 5.50. The molecular weight excluding hydrogens is 377 g/mol. The summed E-state index contributed by atoms with van der Waals surface area (Å²) in [6.07, 6.45) is 6.70. The van der Waals surface area contributed by atoms with Crippen LogP contribution in [0.2, 0.25) is 0 Å². The van der Waals surface area contributed by atoms with Crippen LogP contribution in [0.1, 0.15) is 37.7 Å². The molecule has 0 radical (unpaired) electrons. The zero-order valence-electron chi connectivity index (χ0n) is 17.4. The molecule has 1 N–H and O–H groups in total. The van der Waals surface area contributed by atoms with E-state index in [0.29, 0.717) is 6.04 Å². The quantitative estimate of drug-likeness (QED) is 0.831. The topological polar surface area (TPSA) is 35.6 Å². The molecule has 2 aromatic carbocycles. The zero-order valence-corrected chi connectivity index (χ0v) is 17.4. The van der Waals surface area contributed by atoms with Crippen LogP contribution in [-0.2, 0) is 11.2 Å². The number of halogens is 1. The molecule has 1 saturated heterocycles. The Kier molecular flexibility index (Phi) is 5.36. The van der Waals surface area contributed by atoms with Crippen molar-refractivity contribution in [2.24, 2.45) is 5.92 Å². The predicted molar refractivity (Wildman–Crippen MR) is 118 cm³/mol. The van der Waals surface area contributed by atoms with Gasteiger partial charge < -0.3 is 15.1 Å². The number of nitrogens with one attached hydrogen (secondary N) is 1. The number of anilines is 2. The van der Waals surface area contributed by atoms with Gasteiger partial charge in [-0.3, -0.25) is 4.79 Å². The van der Waals surface area contributed by atoms with Gasteiger partial charge in [-0.1, -0.05) is 37.5 Å². The number of benzene rings is 2. The normalized spacial score (nSPS) is 24.2. The average molecular weight is 408 g/mol. The van der Waals surface area contributed by atoms with E-state index in [1.54, 1.807) is 0 Å². The highest BCUT2D eigenvalue weighted by Gasteiger charge is 2.41. The summed E-state index contributed by atoms with van der Waals surface area (Å²) in [6.45, 7) is 2.52. The first-order valence-electron chi connectivity index (χ1n) is 11.3. The van der Waals surface area contributed by atoms with Crippen LogP contribution >= 0.6 is 0 Å². The molecule has 2 aliphatic heterocycles. The van der Waals surface area contributed by atoms with Gasteiger partial charge in [0.1, 0.15) is 5.82 Å². The number of piperazine rings is 1. The molecule has 2 atom stereocenters. The van der Waals surface area contributed by atoms with Gasteiger partial charge in [-0.25, -0.2) is 4.39 Å². The van der Waals surface area contributed by atoms with Gasteiger partial charge in [0.15, 0.2) is 0 Å². The number of hydrogen-bond donors (Lipinski definition) is 1. The Morgan fingerprint density at radius 3 is 2.53 bits per heavy atom. The molecule has 3 aliphatic rings. The van der Waals surface area contributed by atoms with Crippen molar-refractivity contribution in [1.82, 2.24) is 5.32 Å². The minimum absolute atomic E-state index is 0.0647. The standard InChI is InChI=1S/C25H30FN3O/c26-19-10-12-21(13-11-19)28-14-15-29-23-9-5-4-6-18(23)16-22(24(29)17-28)25(30)27-20-7-2-1-3-8-20/h4-6,9-13,20,22,24H,1-3,7-8,14-17H2,(H,27,30)/t22-,24+/m1/s1. The number of para-hydroxylation sites is 1. The molecule has 158 valence electrons. The number of hydrogen-bond acceptors (Lipinski definition) is 3. The maximum atomic E-state index is 13.4. The summed E-state index contributed by atoms with van der Waals surface area (Å²) in [5.74, 6) is -0.0776. The first-order valence-corrected chi connectivity index (χ1v) is 11.3. The molecular formula is C25H30FN3O. The minimum atomic E-state index is -0.214. The SMILES string of the molecule is O=C(NC1CCCCC1)[C@@H]1Cc2ccccc2N2CCN(c3ccc(F)cc3)C[C@@H]12. The Morgan fingerprint density at radius 2 is 1.73 bits per heavy atom. The lowest BCUT2D eigenvalue weighted by atomic mass is 9.82. The molecule has 5 heteroatoms. The van der Waals surface area contributed by atoms with Gasteiger partial charge in [0.25, 0.3) is 0 Å². The van der Waals surface area contributed by atoms with Crippen LogP contribution in [0, 0.1) is 11.7 Å². The maximum absolute atomic E-state index is 13.4. The largest absolute Gasteiger partial charge is 0.368 e. The van der Waals surface area contributed by atoms with Crippen molar-refractivity contribution >= 4 is 17.3 Å². The van der Waals surface area contributed by atoms with Crippen molar-refractivity contribution in [3.63, 3.8) is 0 Å². The number of amides is 1. The number of carbonyl (C=O) groups is 1. The van der Waals surface area contributed by atoms with Crippen LogP contribution in [0.5, 0.6) is 0 Å². The molecule has 0 spiro atoms. The Morgan fingerprint density at radius 1 is 0.967 bits per heavy atom. The van der Waals surface area contributed by atoms with Crippen molar-refractivity contribution in [2.75, 3.05) is 29.4 Å². The third-order valence-corrected chi connectivity index (χ3v) is 7.10.